The molecule has 0 atom stereocenters. The number of hydrogen-bond acceptors (Lipinski definition) is 5. The Kier molecular flexibility index (Phi) is 3.99. The molecule has 1 aromatic rings. The summed E-state index contributed by atoms with van der Waals surface area (Å²) >= 11 is 0. The number of nitrogens with zero attached hydrogens (tertiary/aromatic N) is 4. The standard InChI is InChI=1S/C9H16N6/c1-3-4-8-7(2)5-9(14-13-8)15(11)6-12-10/h5-6H,3-4,10-11H2,1-2H3/b12-6-. The average Bonchev–Trinajstić information content (AvgIpc) is 2.21. The highest BCUT2D eigenvalue weighted by atomic mass is 15.5. The van der Waals surface area contributed by atoms with Gasteiger partial charge in [0, 0.05) is 0 Å². The molecule has 6 nitrogen and oxygen atoms in total. The molecule has 0 fully saturated rings. The lowest BCUT2D eigenvalue weighted by atomic mass is 10.1. The molecule has 0 bridgehead atoms. The molecule has 0 aliphatic rings. The first-order valence-corrected chi connectivity index (χ1v) is 4.79. The van der Waals surface area contributed by atoms with Crippen molar-refractivity contribution >= 4 is 12.2 Å². The number of hydrazine groups is 1. The molecule has 6 heteroatoms. The van der Waals surface area contributed by atoms with Gasteiger partial charge >= 0.3 is 0 Å². The minimum Gasteiger partial charge on any atom is -0.322 e. The molecule has 0 radical (unpaired) electrons. The minimum atomic E-state index is 0.529. The number of nitrogens with two attached hydrogens (primary N) is 2. The van der Waals surface area contributed by atoms with Gasteiger partial charge in [-0.15, -0.1) is 5.10 Å². The van der Waals surface area contributed by atoms with Gasteiger partial charge in [-0.25, -0.2) is 10.9 Å². The van der Waals surface area contributed by atoms with Gasteiger partial charge in [-0.3, -0.25) is 0 Å². The van der Waals surface area contributed by atoms with Crippen LogP contribution in [0.15, 0.2) is 11.2 Å². The largest absolute Gasteiger partial charge is 0.322 e. The Bertz CT molecular complexity index is 348. The number of hydrazone groups is 1. The quantitative estimate of drug-likeness (QED) is 0.321. The van der Waals surface area contributed by atoms with Crippen molar-refractivity contribution in [1.82, 2.24) is 10.2 Å². The zero-order valence-corrected chi connectivity index (χ0v) is 9.01. The fourth-order valence-corrected chi connectivity index (χ4v) is 1.24. The molecule has 0 aliphatic carbocycles. The molecule has 4 N–H and O–H groups in total. The fourth-order valence-electron chi connectivity index (χ4n) is 1.24. The van der Waals surface area contributed by atoms with Gasteiger partial charge in [0.15, 0.2) is 5.82 Å². The Labute approximate surface area is 88.9 Å². The molecule has 0 spiro atoms. The molecule has 1 aromatic heterocycles. The van der Waals surface area contributed by atoms with Crippen LogP contribution in [0, 0.1) is 6.92 Å². The zero-order chi connectivity index (χ0) is 11.3. The van der Waals surface area contributed by atoms with Crippen LogP contribution in [0.3, 0.4) is 0 Å². The van der Waals surface area contributed by atoms with Gasteiger partial charge in [0.05, 0.1) is 5.69 Å². The van der Waals surface area contributed by atoms with E-state index in [1.54, 1.807) is 0 Å². The van der Waals surface area contributed by atoms with Crippen molar-refractivity contribution < 1.29 is 0 Å². The molecular weight excluding hydrogens is 192 g/mol. The van der Waals surface area contributed by atoms with Crippen LogP contribution in [-0.2, 0) is 6.42 Å². The second kappa shape index (κ2) is 5.26. The molecule has 15 heavy (non-hydrogen) atoms. The summed E-state index contributed by atoms with van der Waals surface area (Å²) in [6.45, 7) is 4.09. The Morgan fingerprint density at radius 1 is 1.53 bits per heavy atom. The van der Waals surface area contributed by atoms with Crippen molar-refractivity contribution in [2.45, 2.75) is 26.7 Å². The number of rotatable bonds is 4. The number of hydrogen-bond donors (Lipinski definition) is 2. The summed E-state index contributed by atoms with van der Waals surface area (Å²) in [7, 11) is 0. The van der Waals surface area contributed by atoms with Crippen LogP contribution in [0.5, 0.6) is 0 Å². The lowest BCUT2D eigenvalue weighted by molar-refractivity contribution is 0.821. The Morgan fingerprint density at radius 3 is 2.80 bits per heavy atom. The molecule has 0 amide bonds. The maximum Gasteiger partial charge on any atom is 0.171 e. The van der Waals surface area contributed by atoms with E-state index in [2.05, 4.69) is 22.2 Å². The topological polar surface area (TPSA) is 93.4 Å². The lowest BCUT2D eigenvalue weighted by Gasteiger charge is -2.11. The number of aromatic nitrogens is 2. The van der Waals surface area contributed by atoms with E-state index in [1.165, 1.54) is 11.3 Å². The van der Waals surface area contributed by atoms with E-state index in [1.807, 2.05) is 13.0 Å². The summed E-state index contributed by atoms with van der Waals surface area (Å²) in [6, 6.07) is 1.86. The van der Waals surface area contributed by atoms with E-state index in [0.717, 1.165) is 24.1 Å². The molecular formula is C9H16N6. The van der Waals surface area contributed by atoms with Gasteiger partial charge in [-0.1, -0.05) is 13.3 Å². The summed E-state index contributed by atoms with van der Waals surface area (Å²) in [4.78, 5) is 0. The third-order valence-electron chi connectivity index (χ3n) is 2.02. The van der Waals surface area contributed by atoms with Crippen LogP contribution in [0.4, 0.5) is 5.82 Å². The van der Waals surface area contributed by atoms with Crippen molar-refractivity contribution in [2.75, 3.05) is 5.01 Å². The van der Waals surface area contributed by atoms with Gasteiger partial charge in [0.2, 0.25) is 0 Å². The van der Waals surface area contributed by atoms with Crippen LogP contribution in [-0.4, -0.2) is 16.5 Å². The average molecular weight is 208 g/mol. The Morgan fingerprint density at radius 2 is 2.27 bits per heavy atom. The second-order valence-electron chi connectivity index (χ2n) is 3.25. The number of anilines is 1. The summed E-state index contributed by atoms with van der Waals surface area (Å²) in [5.41, 5.74) is 2.07. The lowest BCUT2D eigenvalue weighted by Crippen LogP contribution is -2.30. The smallest absolute Gasteiger partial charge is 0.171 e. The van der Waals surface area contributed by atoms with Crippen LogP contribution in [0.25, 0.3) is 0 Å². The van der Waals surface area contributed by atoms with E-state index < -0.39 is 0 Å². The highest BCUT2D eigenvalue weighted by Crippen LogP contribution is 2.11. The molecule has 0 unspecified atom stereocenters. The van der Waals surface area contributed by atoms with Crippen LogP contribution in [0.2, 0.25) is 0 Å². The molecule has 0 saturated carbocycles. The van der Waals surface area contributed by atoms with E-state index >= 15 is 0 Å². The maximum absolute atomic E-state index is 5.60. The van der Waals surface area contributed by atoms with Gasteiger partial charge in [0.25, 0.3) is 0 Å². The van der Waals surface area contributed by atoms with E-state index in [4.69, 9.17) is 11.7 Å². The SMILES string of the molecule is CCCc1nnc(N(N)/C=N\N)cc1C. The predicted molar refractivity (Wildman–Crippen MR) is 60.1 cm³/mol. The van der Waals surface area contributed by atoms with Crippen molar-refractivity contribution in [3.63, 3.8) is 0 Å². The molecule has 1 rings (SSSR count). The van der Waals surface area contributed by atoms with Crippen molar-refractivity contribution in [3.8, 4) is 0 Å². The van der Waals surface area contributed by atoms with E-state index in [9.17, 15) is 0 Å². The van der Waals surface area contributed by atoms with Crippen LogP contribution >= 0.6 is 0 Å². The van der Waals surface area contributed by atoms with E-state index in [-0.39, 0.29) is 0 Å². The van der Waals surface area contributed by atoms with Gasteiger partial charge in [-0.05, 0) is 25.0 Å². The van der Waals surface area contributed by atoms with Crippen molar-refractivity contribution in [1.29, 1.82) is 0 Å². The second-order valence-corrected chi connectivity index (χ2v) is 3.25. The monoisotopic (exact) mass is 208 g/mol. The highest BCUT2D eigenvalue weighted by Gasteiger charge is 2.05. The van der Waals surface area contributed by atoms with Crippen molar-refractivity contribution in [3.05, 3.63) is 17.3 Å². The first-order chi connectivity index (χ1) is 7.19. The highest BCUT2D eigenvalue weighted by molar-refractivity contribution is 5.75. The minimum absolute atomic E-state index is 0.529. The molecule has 82 valence electrons. The predicted octanol–water partition coefficient (Wildman–Crippen LogP) is 0.320. The molecule has 0 saturated heterocycles. The Balaban J connectivity index is 2.90. The summed E-state index contributed by atoms with van der Waals surface area (Å²) in [5, 5.41) is 12.6. The number of aryl methyl sites for hydroxylation is 2. The third-order valence-corrected chi connectivity index (χ3v) is 2.02. The Hall–Kier alpha value is -1.69. The summed E-state index contributed by atoms with van der Waals surface area (Å²) in [6.07, 6.45) is 3.25. The summed E-state index contributed by atoms with van der Waals surface area (Å²) < 4.78 is 0. The molecule has 1 heterocycles. The molecule has 0 aliphatic heterocycles. The normalized spacial score (nSPS) is 10.9. The van der Waals surface area contributed by atoms with Gasteiger partial charge in [0.1, 0.15) is 6.34 Å². The van der Waals surface area contributed by atoms with Gasteiger partial charge < -0.3 is 5.84 Å². The third kappa shape index (κ3) is 2.88. The van der Waals surface area contributed by atoms with Crippen LogP contribution < -0.4 is 16.7 Å². The van der Waals surface area contributed by atoms with E-state index in [0.29, 0.717) is 5.82 Å². The first-order valence-electron chi connectivity index (χ1n) is 4.79. The zero-order valence-electron chi connectivity index (χ0n) is 9.01. The van der Waals surface area contributed by atoms with Crippen LogP contribution in [0.1, 0.15) is 24.6 Å². The fraction of sp³-hybridized carbons (Fsp3) is 0.444. The van der Waals surface area contributed by atoms with Crippen molar-refractivity contribution in [2.24, 2.45) is 16.8 Å². The first kappa shape index (κ1) is 11.4. The molecule has 0 aromatic carbocycles. The summed E-state index contributed by atoms with van der Waals surface area (Å²) in [5.74, 6) is 11.1. The maximum atomic E-state index is 5.60. The van der Waals surface area contributed by atoms with Gasteiger partial charge in [-0.2, -0.15) is 10.2 Å².